The number of piperidine rings is 1. The Morgan fingerprint density at radius 1 is 1.07 bits per heavy atom. The molecule has 1 unspecified atom stereocenters. The first-order valence-corrected chi connectivity index (χ1v) is 11.7. The summed E-state index contributed by atoms with van der Waals surface area (Å²) in [6.07, 6.45) is 5.46. The van der Waals surface area contributed by atoms with Crippen molar-refractivity contribution in [2.45, 2.75) is 42.5 Å². The number of sulfonamides is 1. The highest BCUT2D eigenvalue weighted by molar-refractivity contribution is 7.89. The second-order valence-electron chi connectivity index (χ2n) is 8.00. The van der Waals surface area contributed by atoms with Gasteiger partial charge in [0.25, 0.3) is 5.91 Å². The first-order valence-electron chi connectivity index (χ1n) is 10.2. The fraction of sp³-hybridized carbons (Fsp3) is 0.381. The zero-order valence-corrected chi connectivity index (χ0v) is 17.3. The second kappa shape index (κ2) is 7.48. The highest BCUT2D eigenvalue weighted by Gasteiger charge is 2.30. The maximum atomic E-state index is 13.2. The Morgan fingerprint density at radius 3 is 2.77 bits per heavy atom. The summed E-state index contributed by atoms with van der Waals surface area (Å²) in [5, 5.41) is 8.58. The zero-order valence-electron chi connectivity index (χ0n) is 16.4. The fourth-order valence-corrected chi connectivity index (χ4v) is 5.33. The lowest BCUT2D eigenvalue weighted by Gasteiger charge is -2.32. The lowest BCUT2D eigenvalue weighted by atomic mass is 9.96. The molecule has 5 rings (SSSR count). The number of carbonyl (C=O) groups is 1. The van der Waals surface area contributed by atoms with Crippen molar-refractivity contribution >= 4 is 21.6 Å². The van der Waals surface area contributed by atoms with Gasteiger partial charge in [-0.2, -0.15) is 0 Å². The Balaban J connectivity index is 1.36. The SMILES string of the molecule is O=C(c1cccc(S(=O)(=O)NC2CC2)c1)N1CCCC(c2nnc3ccccn23)C1. The van der Waals surface area contributed by atoms with Crippen LogP contribution in [0.5, 0.6) is 0 Å². The normalized spacial score (nSPS) is 19.9. The number of nitrogens with zero attached hydrogens (tertiary/aromatic N) is 4. The fourth-order valence-electron chi connectivity index (χ4n) is 3.98. The largest absolute Gasteiger partial charge is 0.338 e. The molecule has 0 bridgehead atoms. The summed E-state index contributed by atoms with van der Waals surface area (Å²) in [6.45, 7) is 1.18. The van der Waals surface area contributed by atoms with Gasteiger partial charge in [0.05, 0.1) is 4.90 Å². The van der Waals surface area contributed by atoms with E-state index in [1.807, 2.05) is 28.8 Å². The molecule has 8 nitrogen and oxygen atoms in total. The van der Waals surface area contributed by atoms with Gasteiger partial charge in [-0.15, -0.1) is 10.2 Å². The van der Waals surface area contributed by atoms with Crippen molar-refractivity contribution < 1.29 is 13.2 Å². The smallest absolute Gasteiger partial charge is 0.253 e. The second-order valence-corrected chi connectivity index (χ2v) is 9.71. The molecule has 0 radical (unpaired) electrons. The van der Waals surface area contributed by atoms with Crippen molar-refractivity contribution in [2.24, 2.45) is 0 Å². The molecule has 1 aromatic carbocycles. The van der Waals surface area contributed by atoms with E-state index in [0.717, 1.165) is 37.2 Å². The predicted molar refractivity (Wildman–Crippen MR) is 111 cm³/mol. The molecule has 30 heavy (non-hydrogen) atoms. The van der Waals surface area contributed by atoms with Gasteiger partial charge in [-0.1, -0.05) is 12.1 Å². The number of nitrogens with one attached hydrogen (secondary N) is 1. The van der Waals surface area contributed by atoms with E-state index in [2.05, 4.69) is 14.9 Å². The number of rotatable bonds is 5. The van der Waals surface area contributed by atoms with Crippen LogP contribution < -0.4 is 4.72 Å². The van der Waals surface area contributed by atoms with Crippen LogP contribution in [0.1, 0.15) is 47.8 Å². The topological polar surface area (TPSA) is 96.7 Å². The van der Waals surface area contributed by atoms with Gasteiger partial charge in [-0.3, -0.25) is 9.20 Å². The van der Waals surface area contributed by atoms with Crippen molar-refractivity contribution in [1.82, 2.24) is 24.2 Å². The molecule has 0 spiro atoms. The van der Waals surface area contributed by atoms with E-state index < -0.39 is 10.0 Å². The summed E-state index contributed by atoms with van der Waals surface area (Å²) in [5.74, 6) is 0.786. The third-order valence-electron chi connectivity index (χ3n) is 5.70. The summed E-state index contributed by atoms with van der Waals surface area (Å²) >= 11 is 0. The summed E-state index contributed by atoms with van der Waals surface area (Å²) in [5.41, 5.74) is 1.18. The molecule has 1 aliphatic carbocycles. The molecule has 2 aliphatic rings. The van der Waals surface area contributed by atoms with Crippen molar-refractivity contribution in [2.75, 3.05) is 13.1 Å². The van der Waals surface area contributed by atoms with Gasteiger partial charge in [-0.05, 0) is 56.0 Å². The van der Waals surface area contributed by atoms with Crippen LogP contribution in [-0.2, 0) is 10.0 Å². The van der Waals surface area contributed by atoms with Crippen LogP contribution in [0.2, 0.25) is 0 Å². The number of fused-ring (bicyclic) bond motifs is 1. The van der Waals surface area contributed by atoms with E-state index in [1.165, 1.54) is 12.1 Å². The van der Waals surface area contributed by atoms with Crippen LogP contribution in [-0.4, -0.2) is 53.0 Å². The third kappa shape index (κ3) is 3.70. The molecule has 9 heteroatoms. The zero-order chi connectivity index (χ0) is 20.7. The van der Waals surface area contributed by atoms with Crippen molar-refractivity contribution in [3.8, 4) is 0 Å². The Bertz CT molecular complexity index is 1200. The Labute approximate surface area is 175 Å². The molecule has 156 valence electrons. The maximum Gasteiger partial charge on any atom is 0.253 e. The quantitative estimate of drug-likeness (QED) is 0.676. The van der Waals surface area contributed by atoms with Gasteiger partial charge in [-0.25, -0.2) is 13.1 Å². The average Bonchev–Trinajstić information content (AvgIpc) is 3.47. The van der Waals surface area contributed by atoms with Crippen LogP contribution >= 0.6 is 0 Å². The van der Waals surface area contributed by atoms with Gasteiger partial charge in [0.1, 0.15) is 5.82 Å². The number of likely N-dealkylation sites (tertiary alicyclic amines) is 1. The van der Waals surface area contributed by atoms with Crippen molar-refractivity contribution in [1.29, 1.82) is 0 Å². The van der Waals surface area contributed by atoms with Gasteiger partial charge < -0.3 is 4.90 Å². The number of hydrogen-bond donors (Lipinski definition) is 1. The highest BCUT2D eigenvalue weighted by atomic mass is 32.2. The van der Waals surface area contributed by atoms with Crippen LogP contribution in [0.4, 0.5) is 0 Å². The molecular weight excluding hydrogens is 402 g/mol. The molecule has 3 aromatic rings. The summed E-state index contributed by atoms with van der Waals surface area (Å²) < 4.78 is 29.7. The summed E-state index contributed by atoms with van der Waals surface area (Å²) in [7, 11) is -3.60. The Morgan fingerprint density at radius 2 is 1.93 bits per heavy atom. The number of carbonyl (C=O) groups excluding carboxylic acids is 1. The minimum absolute atomic E-state index is 0.0233. The molecule has 2 fully saturated rings. The monoisotopic (exact) mass is 425 g/mol. The number of pyridine rings is 1. The van der Waals surface area contributed by atoms with Gasteiger partial charge in [0, 0.05) is 36.8 Å². The molecule has 1 saturated heterocycles. The molecule has 1 saturated carbocycles. The minimum atomic E-state index is -3.60. The van der Waals surface area contributed by atoms with Crippen LogP contribution in [0.15, 0.2) is 53.6 Å². The van der Waals surface area contributed by atoms with Crippen LogP contribution in [0.3, 0.4) is 0 Å². The molecular formula is C21H23N5O3S. The Kier molecular flexibility index (Phi) is 4.79. The molecule has 2 aromatic heterocycles. The maximum absolute atomic E-state index is 13.2. The number of amides is 1. The molecule has 1 amide bonds. The minimum Gasteiger partial charge on any atom is -0.338 e. The van der Waals surface area contributed by atoms with Crippen LogP contribution in [0, 0.1) is 0 Å². The van der Waals surface area contributed by atoms with E-state index in [-0.39, 0.29) is 22.8 Å². The third-order valence-corrected chi connectivity index (χ3v) is 7.22. The van der Waals surface area contributed by atoms with E-state index >= 15 is 0 Å². The van der Waals surface area contributed by atoms with Gasteiger partial charge in [0.15, 0.2) is 5.65 Å². The van der Waals surface area contributed by atoms with E-state index in [0.29, 0.717) is 18.7 Å². The van der Waals surface area contributed by atoms with Crippen molar-refractivity contribution in [3.63, 3.8) is 0 Å². The van der Waals surface area contributed by atoms with Gasteiger partial charge in [0.2, 0.25) is 10.0 Å². The van der Waals surface area contributed by atoms with Crippen molar-refractivity contribution in [3.05, 3.63) is 60.0 Å². The standard InChI is InChI=1S/C21H23N5O3S/c27-21(15-5-3-7-18(13-15)30(28,29)24-17-9-10-17)25-11-4-6-16(14-25)20-23-22-19-8-1-2-12-26(19)20/h1-3,5,7-8,12-13,16-17,24H,4,6,9-11,14H2. The van der Waals surface area contributed by atoms with E-state index in [9.17, 15) is 13.2 Å². The molecule has 1 N–H and O–H groups in total. The van der Waals surface area contributed by atoms with E-state index in [4.69, 9.17) is 0 Å². The lowest BCUT2D eigenvalue weighted by molar-refractivity contribution is 0.0704. The van der Waals surface area contributed by atoms with E-state index in [1.54, 1.807) is 17.0 Å². The highest BCUT2D eigenvalue weighted by Crippen LogP contribution is 2.28. The molecule has 1 aliphatic heterocycles. The summed E-state index contributed by atoms with van der Waals surface area (Å²) in [6, 6.07) is 12.1. The number of aromatic nitrogens is 3. The number of hydrogen-bond acceptors (Lipinski definition) is 5. The number of benzene rings is 1. The van der Waals surface area contributed by atoms with Gasteiger partial charge >= 0.3 is 0 Å². The van der Waals surface area contributed by atoms with Crippen LogP contribution in [0.25, 0.3) is 5.65 Å². The first-order chi connectivity index (χ1) is 14.5. The predicted octanol–water partition coefficient (Wildman–Crippen LogP) is 2.19. The lowest BCUT2D eigenvalue weighted by Crippen LogP contribution is -2.39. The molecule has 1 atom stereocenters. The first kappa shape index (κ1) is 19.2. The summed E-state index contributed by atoms with van der Waals surface area (Å²) in [4.78, 5) is 15.1. The Hall–Kier alpha value is -2.78. The molecule has 3 heterocycles. The average molecular weight is 426 g/mol.